The summed E-state index contributed by atoms with van der Waals surface area (Å²) in [5.41, 5.74) is 0. The van der Waals surface area contributed by atoms with Crippen molar-refractivity contribution in [2.24, 2.45) is 0 Å². The summed E-state index contributed by atoms with van der Waals surface area (Å²) >= 11 is 0. The molecule has 1 amide bonds. The molecule has 2 aliphatic heterocycles. The number of likely N-dealkylation sites (tertiary alicyclic amines) is 2. The van der Waals surface area contributed by atoms with E-state index in [4.69, 9.17) is 4.52 Å². The summed E-state index contributed by atoms with van der Waals surface area (Å²) in [6.07, 6.45) is 6.16. The van der Waals surface area contributed by atoms with E-state index in [0.717, 1.165) is 64.2 Å². The first kappa shape index (κ1) is 18.3. The molecule has 7 nitrogen and oxygen atoms in total. The molecule has 7 heteroatoms. The molecule has 0 N–H and O–H groups in total. The van der Waals surface area contributed by atoms with Crippen molar-refractivity contribution in [3.8, 4) is 0 Å². The van der Waals surface area contributed by atoms with Gasteiger partial charge < -0.3 is 14.3 Å². The maximum atomic E-state index is 12.3. The zero-order valence-corrected chi connectivity index (χ0v) is 15.6. The average molecular weight is 349 g/mol. The van der Waals surface area contributed by atoms with E-state index in [2.05, 4.69) is 27.0 Å². The molecular formula is C18H31N5O2. The van der Waals surface area contributed by atoms with Crippen LogP contribution in [0.25, 0.3) is 0 Å². The van der Waals surface area contributed by atoms with Crippen molar-refractivity contribution in [3.05, 3.63) is 11.7 Å². The Balaban J connectivity index is 1.39. The van der Waals surface area contributed by atoms with Crippen molar-refractivity contribution in [3.63, 3.8) is 0 Å². The Morgan fingerprint density at radius 3 is 2.80 bits per heavy atom. The minimum Gasteiger partial charge on any atom is -0.343 e. The van der Waals surface area contributed by atoms with Gasteiger partial charge in [0, 0.05) is 45.1 Å². The predicted octanol–water partition coefficient (Wildman–Crippen LogP) is 1.54. The fraction of sp³-hybridized carbons (Fsp3) is 0.833. The SMILES string of the molecule is CCc1nc(CN(C)[C@H]2CCN(CCC(=O)N3CCCCC3)C2)no1. The molecule has 2 saturated heterocycles. The molecule has 2 aliphatic rings. The van der Waals surface area contributed by atoms with E-state index < -0.39 is 0 Å². The number of hydrogen-bond donors (Lipinski definition) is 0. The molecule has 2 fully saturated rings. The van der Waals surface area contributed by atoms with Crippen LogP contribution in [0, 0.1) is 0 Å². The number of aryl methyl sites for hydroxylation is 1. The molecule has 0 bridgehead atoms. The summed E-state index contributed by atoms with van der Waals surface area (Å²) in [7, 11) is 2.12. The van der Waals surface area contributed by atoms with Crippen LogP contribution in [0.5, 0.6) is 0 Å². The molecule has 25 heavy (non-hydrogen) atoms. The van der Waals surface area contributed by atoms with E-state index in [9.17, 15) is 4.79 Å². The fourth-order valence-electron chi connectivity index (χ4n) is 3.78. The molecule has 0 aliphatic carbocycles. The molecule has 1 aromatic rings. The molecule has 3 heterocycles. The number of hydrogen-bond acceptors (Lipinski definition) is 6. The lowest BCUT2D eigenvalue weighted by Crippen LogP contribution is -2.38. The quantitative estimate of drug-likeness (QED) is 0.744. The third-order valence-corrected chi connectivity index (χ3v) is 5.42. The average Bonchev–Trinajstić information content (AvgIpc) is 3.29. The number of carbonyl (C=O) groups is 1. The lowest BCUT2D eigenvalue weighted by Gasteiger charge is -2.28. The molecule has 1 aromatic heterocycles. The summed E-state index contributed by atoms with van der Waals surface area (Å²) in [4.78, 5) is 23.5. The smallest absolute Gasteiger partial charge is 0.226 e. The van der Waals surface area contributed by atoms with Gasteiger partial charge >= 0.3 is 0 Å². The predicted molar refractivity (Wildman–Crippen MR) is 95.0 cm³/mol. The topological polar surface area (TPSA) is 65.7 Å². The first-order chi connectivity index (χ1) is 12.2. The standard InChI is InChI=1S/C18H31N5O2/c1-3-17-19-16(20-25-17)14-21(2)15-7-11-22(13-15)12-8-18(24)23-9-5-4-6-10-23/h15H,3-14H2,1-2H3/t15-/m0/s1. The van der Waals surface area contributed by atoms with Gasteiger partial charge in [-0.2, -0.15) is 4.98 Å². The van der Waals surface area contributed by atoms with Crippen molar-refractivity contribution in [2.45, 2.75) is 58.0 Å². The largest absolute Gasteiger partial charge is 0.343 e. The molecule has 3 rings (SSSR count). The van der Waals surface area contributed by atoms with Crippen molar-refractivity contribution in [2.75, 3.05) is 39.8 Å². The maximum Gasteiger partial charge on any atom is 0.226 e. The van der Waals surface area contributed by atoms with Crippen LogP contribution in [-0.2, 0) is 17.8 Å². The van der Waals surface area contributed by atoms with Gasteiger partial charge in [-0.05, 0) is 39.3 Å². The van der Waals surface area contributed by atoms with Crippen molar-refractivity contribution in [1.29, 1.82) is 0 Å². The lowest BCUT2D eigenvalue weighted by molar-refractivity contribution is -0.132. The Morgan fingerprint density at radius 2 is 2.08 bits per heavy atom. The third-order valence-electron chi connectivity index (χ3n) is 5.42. The van der Waals surface area contributed by atoms with Gasteiger partial charge in [-0.3, -0.25) is 9.69 Å². The highest BCUT2D eigenvalue weighted by Crippen LogP contribution is 2.17. The van der Waals surface area contributed by atoms with Crippen LogP contribution in [-0.4, -0.2) is 76.6 Å². The Morgan fingerprint density at radius 1 is 1.28 bits per heavy atom. The summed E-state index contributed by atoms with van der Waals surface area (Å²) in [6.45, 7) is 7.60. The minimum atomic E-state index is 0.329. The molecule has 0 unspecified atom stereocenters. The highest BCUT2D eigenvalue weighted by Gasteiger charge is 2.27. The highest BCUT2D eigenvalue weighted by atomic mass is 16.5. The molecule has 0 radical (unpaired) electrons. The number of aromatic nitrogens is 2. The number of amides is 1. The van der Waals surface area contributed by atoms with Crippen LogP contribution in [0.4, 0.5) is 0 Å². The Hall–Kier alpha value is -1.47. The molecule has 0 spiro atoms. The molecular weight excluding hydrogens is 318 g/mol. The van der Waals surface area contributed by atoms with Crippen molar-refractivity contribution in [1.82, 2.24) is 24.8 Å². The number of likely N-dealkylation sites (N-methyl/N-ethyl adjacent to an activating group) is 1. The molecule has 1 atom stereocenters. The van der Waals surface area contributed by atoms with Crippen molar-refractivity contribution < 1.29 is 9.32 Å². The van der Waals surface area contributed by atoms with Crippen LogP contribution >= 0.6 is 0 Å². The Kier molecular flexibility index (Phi) is 6.42. The van der Waals surface area contributed by atoms with Gasteiger partial charge in [0.1, 0.15) is 0 Å². The number of carbonyl (C=O) groups excluding carboxylic acids is 1. The van der Waals surface area contributed by atoms with Gasteiger partial charge in [0.05, 0.1) is 6.54 Å². The maximum absolute atomic E-state index is 12.3. The van der Waals surface area contributed by atoms with Gasteiger partial charge in [0.15, 0.2) is 5.82 Å². The van der Waals surface area contributed by atoms with Crippen LogP contribution < -0.4 is 0 Å². The zero-order chi connectivity index (χ0) is 17.6. The van der Waals surface area contributed by atoms with Crippen LogP contribution in [0.15, 0.2) is 4.52 Å². The van der Waals surface area contributed by atoms with Crippen LogP contribution in [0.2, 0.25) is 0 Å². The zero-order valence-electron chi connectivity index (χ0n) is 15.6. The van der Waals surface area contributed by atoms with E-state index in [-0.39, 0.29) is 0 Å². The van der Waals surface area contributed by atoms with Gasteiger partial charge in [-0.1, -0.05) is 12.1 Å². The number of rotatable bonds is 7. The first-order valence-corrected chi connectivity index (χ1v) is 9.67. The second-order valence-electron chi connectivity index (χ2n) is 7.31. The van der Waals surface area contributed by atoms with E-state index >= 15 is 0 Å². The Labute approximate surface area is 150 Å². The molecule has 0 saturated carbocycles. The third kappa shape index (κ3) is 5.01. The van der Waals surface area contributed by atoms with E-state index in [0.29, 0.717) is 30.8 Å². The number of piperidine rings is 1. The van der Waals surface area contributed by atoms with Crippen LogP contribution in [0.3, 0.4) is 0 Å². The monoisotopic (exact) mass is 349 g/mol. The summed E-state index contributed by atoms with van der Waals surface area (Å²) in [5.74, 6) is 1.79. The van der Waals surface area contributed by atoms with Crippen molar-refractivity contribution >= 4 is 5.91 Å². The summed E-state index contributed by atoms with van der Waals surface area (Å²) < 4.78 is 5.18. The second-order valence-corrected chi connectivity index (χ2v) is 7.31. The van der Waals surface area contributed by atoms with Gasteiger partial charge in [0.25, 0.3) is 0 Å². The Bertz CT molecular complexity index is 555. The van der Waals surface area contributed by atoms with E-state index in [1.807, 2.05) is 11.8 Å². The normalized spacial score (nSPS) is 22.0. The van der Waals surface area contributed by atoms with E-state index in [1.165, 1.54) is 6.42 Å². The fourth-order valence-corrected chi connectivity index (χ4v) is 3.78. The second kappa shape index (κ2) is 8.76. The summed E-state index contributed by atoms with van der Waals surface area (Å²) in [6, 6.07) is 0.494. The van der Waals surface area contributed by atoms with Gasteiger partial charge in [-0.15, -0.1) is 0 Å². The molecule has 0 aromatic carbocycles. The highest BCUT2D eigenvalue weighted by molar-refractivity contribution is 5.76. The van der Waals surface area contributed by atoms with Gasteiger partial charge in [-0.25, -0.2) is 0 Å². The first-order valence-electron chi connectivity index (χ1n) is 9.67. The molecule has 140 valence electrons. The number of nitrogens with zero attached hydrogens (tertiary/aromatic N) is 5. The lowest BCUT2D eigenvalue weighted by atomic mass is 10.1. The van der Waals surface area contributed by atoms with Gasteiger partial charge in [0.2, 0.25) is 11.8 Å². The van der Waals surface area contributed by atoms with Crippen LogP contribution in [0.1, 0.15) is 50.7 Å². The summed E-state index contributed by atoms with van der Waals surface area (Å²) in [5, 5.41) is 4.04. The minimum absolute atomic E-state index is 0.329. The van der Waals surface area contributed by atoms with E-state index in [1.54, 1.807) is 0 Å².